The molecule has 1 N–H and O–H groups in total. The summed E-state index contributed by atoms with van der Waals surface area (Å²) in [5.74, 6) is -0.0114. The van der Waals surface area contributed by atoms with Crippen LogP contribution >= 0.6 is 0 Å². The number of aromatic nitrogens is 2. The van der Waals surface area contributed by atoms with Gasteiger partial charge >= 0.3 is 0 Å². The van der Waals surface area contributed by atoms with E-state index in [-0.39, 0.29) is 17.4 Å². The number of fused-ring (bicyclic) bond motifs is 2. The molecule has 36 heavy (non-hydrogen) atoms. The first-order chi connectivity index (χ1) is 17.4. The molecule has 0 aliphatic carbocycles. The molecule has 8 nitrogen and oxygen atoms in total. The first-order valence-corrected chi connectivity index (χ1v) is 12.2. The van der Waals surface area contributed by atoms with Gasteiger partial charge in [-0.3, -0.25) is 19.2 Å². The number of benzene rings is 2. The summed E-state index contributed by atoms with van der Waals surface area (Å²) >= 11 is 0. The second-order valence-corrected chi connectivity index (χ2v) is 9.41. The number of hydrogen-bond acceptors (Lipinski definition) is 5. The number of halogens is 1. The van der Waals surface area contributed by atoms with E-state index in [4.69, 9.17) is 4.74 Å². The van der Waals surface area contributed by atoms with Gasteiger partial charge in [0.2, 0.25) is 5.91 Å². The Morgan fingerprint density at radius 2 is 1.89 bits per heavy atom. The first-order valence-electron chi connectivity index (χ1n) is 12.2. The number of nitrogens with zero attached hydrogens (tertiary/aromatic N) is 4. The van der Waals surface area contributed by atoms with Gasteiger partial charge in [0.25, 0.3) is 5.91 Å². The summed E-state index contributed by atoms with van der Waals surface area (Å²) in [4.78, 5) is 28.9. The van der Waals surface area contributed by atoms with Gasteiger partial charge in [-0.2, -0.15) is 5.10 Å². The van der Waals surface area contributed by atoms with E-state index in [1.165, 1.54) is 18.2 Å². The highest BCUT2D eigenvalue weighted by Crippen LogP contribution is 2.34. The van der Waals surface area contributed by atoms with Crippen LogP contribution in [0.4, 0.5) is 10.1 Å². The minimum atomic E-state index is -0.460. The van der Waals surface area contributed by atoms with Crippen LogP contribution in [0.5, 0.6) is 5.75 Å². The summed E-state index contributed by atoms with van der Waals surface area (Å²) in [6, 6.07) is 13.7. The number of rotatable bonds is 7. The number of carbonyl (C=O) groups excluding carboxylic acids is 2. The van der Waals surface area contributed by atoms with Crippen molar-refractivity contribution in [2.45, 2.75) is 31.8 Å². The second kappa shape index (κ2) is 10.1. The van der Waals surface area contributed by atoms with Gasteiger partial charge in [0.1, 0.15) is 18.2 Å². The highest BCUT2D eigenvalue weighted by atomic mass is 19.1. The summed E-state index contributed by atoms with van der Waals surface area (Å²) in [6.07, 6.45) is 3.92. The number of amides is 2. The van der Waals surface area contributed by atoms with Gasteiger partial charge in [0.05, 0.1) is 5.69 Å². The van der Waals surface area contributed by atoms with E-state index in [1.54, 1.807) is 29.9 Å². The second-order valence-electron chi connectivity index (χ2n) is 9.41. The van der Waals surface area contributed by atoms with Crippen molar-refractivity contribution in [2.75, 3.05) is 31.6 Å². The van der Waals surface area contributed by atoms with Crippen LogP contribution in [0, 0.1) is 5.82 Å². The molecule has 2 aliphatic rings. The summed E-state index contributed by atoms with van der Waals surface area (Å²) in [5, 5.41) is 7.12. The van der Waals surface area contributed by atoms with Crippen LogP contribution in [0.3, 0.4) is 0 Å². The highest BCUT2D eigenvalue weighted by Gasteiger charge is 2.40. The molecule has 2 unspecified atom stereocenters. The van der Waals surface area contributed by atoms with Gasteiger partial charge in [-0.25, -0.2) is 4.39 Å². The molecule has 0 spiro atoms. The third-order valence-corrected chi connectivity index (χ3v) is 7.11. The molecule has 2 saturated heterocycles. The van der Waals surface area contributed by atoms with Crippen LogP contribution in [-0.2, 0) is 11.8 Å². The third-order valence-electron chi connectivity index (χ3n) is 7.11. The van der Waals surface area contributed by atoms with Crippen LogP contribution < -0.4 is 10.1 Å². The van der Waals surface area contributed by atoms with E-state index in [0.717, 1.165) is 43.7 Å². The molecular weight excluding hydrogens is 461 g/mol. The molecule has 9 heteroatoms. The molecule has 5 rings (SSSR count). The number of nitrogens with one attached hydrogen (secondary N) is 1. The molecule has 2 aromatic carbocycles. The quantitative estimate of drug-likeness (QED) is 0.547. The maximum Gasteiger partial charge on any atom is 0.255 e. The molecule has 0 radical (unpaired) electrons. The molecule has 188 valence electrons. The van der Waals surface area contributed by atoms with E-state index < -0.39 is 5.82 Å². The van der Waals surface area contributed by atoms with Gasteiger partial charge in [-0.15, -0.1) is 0 Å². The van der Waals surface area contributed by atoms with E-state index in [0.29, 0.717) is 30.1 Å². The molecule has 2 atom stereocenters. The average molecular weight is 492 g/mol. The van der Waals surface area contributed by atoms with Crippen molar-refractivity contribution in [3.05, 3.63) is 66.1 Å². The molecular formula is C27H30FN5O3. The first kappa shape index (κ1) is 24.0. The number of carbonyl (C=O) groups is 2. The molecule has 3 heterocycles. The van der Waals surface area contributed by atoms with Crippen molar-refractivity contribution in [3.63, 3.8) is 0 Å². The van der Waals surface area contributed by atoms with Crippen molar-refractivity contribution in [1.82, 2.24) is 19.6 Å². The zero-order valence-corrected chi connectivity index (χ0v) is 20.5. The van der Waals surface area contributed by atoms with Crippen LogP contribution in [0.15, 0.2) is 54.7 Å². The monoisotopic (exact) mass is 491 g/mol. The Hall–Kier alpha value is -3.72. The van der Waals surface area contributed by atoms with Crippen LogP contribution in [0.2, 0.25) is 0 Å². The normalized spacial score (nSPS) is 19.4. The third kappa shape index (κ3) is 4.97. The van der Waals surface area contributed by atoms with Crippen LogP contribution in [0.25, 0.3) is 11.3 Å². The fraction of sp³-hybridized carbons (Fsp3) is 0.370. The van der Waals surface area contributed by atoms with E-state index in [2.05, 4.69) is 15.3 Å². The maximum absolute atomic E-state index is 13.5. The van der Waals surface area contributed by atoms with Crippen molar-refractivity contribution in [1.29, 1.82) is 0 Å². The van der Waals surface area contributed by atoms with E-state index >= 15 is 0 Å². The maximum atomic E-state index is 13.5. The number of anilines is 1. The lowest BCUT2D eigenvalue weighted by Crippen LogP contribution is -2.55. The van der Waals surface area contributed by atoms with E-state index in [1.807, 2.05) is 30.1 Å². The Morgan fingerprint density at radius 3 is 2.56 bits per heavy atom. The SMILES string of the molecule is CC(=O)N1CC2CCC(C1)N2CCOc1ccc(NC(=O)c2cccc(F)c2)cc1-c1ccnn1C. The number of likely N-dealkylation sites (tertiary alicyclic amines) is 1. The molecule has 0 saturated carbocycles. The van der Waals surface area contributed by atoms with Crippen molar-refractivity contribution < 1.29 is 18.7 Å². The van der Waals surface area contributed by atoms with E-state index in [9.17, 15) is 14.0 Å². The van der Waals surface area contributed by atoms with Gasteiger partial charge < -0.3 is 15.0 Å². The van der Waals surface area contributed by atoms with Crippen molar-refractivity contribution in [2.24, 2.45) is 7.05 Å². The Morgan fingerprint density at radius 1 is 1.11 bits per heavy atom. The van der Waals surface area contributed by atoms with Crippen LogP contribution in [-0.4, -0.2) is 69.7 Å². The zero-order chi connectivity index (χ0) is 25.2. The van der Waals surface area contributed by atoms with Crippen molar-refractivity contribution >= 4 is 17.5 Å². The topological polar surface area (TPSA) is 79.7 Å². The number of aryl methyl sites for hydroxylation is 1. The molecule has 1 aromatic heterocycles. The zero-order valence-electron chi connectivity index (χ0n) is 20.5. The minimum Gasteiger partial charge on any atom is -0.492 e. The standard InChI is InChI=1S/C27H30FN5O3/c1-18(34)32-16-22-7-8-23(17-32)33(22)12-13-36-26-9-6-21(15-24(26)25-10-11-29-31(25)2)30-27(35)19-4-3-5-20(28)14-19/h3-6,9-11,14-15,22-23H,7-8,12-13,16-17H2,1-2H3,(H,30,35). The number of piperazine rings is 1. The van der Waals surface area contributed by atoms with Gasteiger partial charge in [0, 0.05) is 68.7 Å². The molecule has 2 amide bonds. The Labute approximate surface area is 209 Å². The lowest BCUT2D eigenvalue weighted by atomic mass is 10.1. The Balaban J connectivity index is 1.30. The predicted octanol–water partition coefficient (Wildman–Crippen LogP) is 3.55. The Kier molecular flexibility index (Phi) is 6.73. The van der Waals surface area contributed by atoms with Gasteiger partial charge in [-0.05, 0) is 55.3 Å². The lowest BCUT2D eigenvalue weighted by Gasteiger charge is -2.40. The fourth-order valence-electron chi connectivity index (χ4n) is 5.28. The summed E-state index contributed by atoms with van der Waals surface area (Å²) in [5.41, 5.74) is 2.47. The number of ether oxygens (including phenoxy) is 1. The highest BCUT2D eigenvalue weighted by molar-refractivity contribution is 6.04. The van der Waals surface area contributed by atoms with Crippen molar-refractivity contribution in [3.8, 4) is 17.0 Å². The summed E-state index contributed by atoms with van der Waals surface area (Å²) < 4.78 is 21.5. The smallest absolute Gasteiger partial charge is 0.255 e. The van der Waals surface area contributed by atoms with Gasteiger partial charge in [-0.1, -0.05) is 6.07 Å². The average Bonchev–Trinajstić information content (AvgIpc) is 3.37. The largest absolute Gasteiger partial charge is 0.492 e. The van der Waals surface area contributed by atoms with Gasteiger partial charge in [0.15, 0.2) is 0 Å². The Bertz CT molecular complexity index is 1260. The predicted molar refractivity (Wildman–Crippen MR) is 134 cm³/mol. The molecule has 2 fully saturated rings. The minimum absolute atomic E-state index is 0.146. The molecule has 2 bridgehead atoms. The summed E-state index contributed by atoms with van der Waals surface area (Å²) in [7, 11) is 1.85. The summed E-state index contributed by atoms with van der Waals surface area (Å²) in [6.45, 7) is 4.50. The lowest BCUT2D eigenvalue weighted by molar-refractivity contribution is -0.132. The molecule has 2 aliphatic heterocycles. The fourth-order valence-corrected chi connectivity index (χ4v) is 5.28. The number of hydrogen-bond donors (Lipinski definition) is 1. The molecule has 3 aromatic rings. The van der Waals surface area contributed by atoms with Crippen LogP contribution in [0.1, 0.15) is 30.1 Å².